The van der Waals surface area contributed by atoms with Gasteiger partial charge in [0, 0.05) is 36.0 Å². The van der Waals surface area contributed by atoms with Crippen LogP contribution in [0.15, 0.2) is 24.3 Å². The first-order valence-electron chi connectivity index (χ1n) is 13.3. The zero-order chi connectivity index (χ0) is 26.4. The molecule has 37 heavy (non-hydrogen) atoms. The van der Waals surface area contributed by atoms with Crippen LogP contribution in [-0.4, -0.2) is 49.4 Å². The maximum absolute atomic E-state index is 13.4. The predicted molar refractivity (Wildman–Crippen MR) is 148 cm³/mol. The molecule has 7 nitrogen and oxygen atoms in total. The van der Waals surface area contributed by atoms with Crippen LogP contribution in [0, 0.1) is 17.2 Å². The van der Waals surface area contributed by atoms with Gasteiger partial charge in [-0.15, -0.1) is 11.3 Å². The third kappa shape index (κ3) is 5.56. The van der Waals surface area contributed by atoms with Crippen molar-refractivity contribution in [2.45, 2.75) is 76.2 Å². The van der Waals surface area contributed by atoms with Crippen molar-refractivity contribution in [2.24, 2.45) is 5.92 Å². The number of sulfone groups is 1. The minimum absolute atomic E-state index is 0.00425. The number of nitrogens with zero attached hydrogens (tertiary/aromatic N) is 3. The van der Waals surface area contributed by atoms with Crippen molar-refractivity contribution in [3.63, 3.8) is 0 Å². The van der Waals surface area contributed by atoms with Crippen molar-refractivity contribution in [1.82, 2.24) is 10.3 Å². The Labute approximate surface area is 224 Å². The first-order chi connectivity index (χ1) is 17.5. The van der Waals surface area contributed by atoms with Crippen LogP contribution < -0.4 is 10.2 Å². The molecule has 1 N–H and O–H groups in total. The van der Waals surface area contributed by atoms with Crippen LogP contribution in [0.2, 0.25) is 0 Å². The molecular weight excluding hydrogens is 504 g/mol. The summed E-state index contributed by atoms with van der Waals surface area (Å²) >= 11 is 1.71. The maximum Gasteiger partial charge on any atom is 0.225 e. The Morgan fingerprint density at radius 1 is 1.14 bits per heavy atom. The van der Waals surface area contributed by atoms with Crippen LogP contribution in [-0.2, 0) is 20.0 Å². The third-order valence-electron chi connectivity index (χ3n) is 7.91. The van der Waals surface area contributed by atoms with Crippen molar-refractivity contribution in [3.05, 3.63) is 35.0 Å². The second-order valence-corrected chi connectivity index (χ2v) is 15.2. The van der Waals surface area contributed by atoms with Crippen molar-refractivity contribution >= 4 is 32.8 Å². The van der Waals surface area contributed by atoms with Gasteiger partial charge >= 0.3 is 0 Å². The van der Waals surface area contributed by atoms with E-state index in [4.69, 9.17) is 4.98 Å². The molecule has 2 saturated carbocycles. The summed E-state index contributed by atoms with van der Waals surface area (Å²) in [6, 6.07) is 10.6. The lowest BCUT2D eigenvalue weighted by molar-refractivity contribution is -0.127. The van der Waals surface area contributed by atoms with E-state index in [1.54, 1.807) is 11.3 Å². The molecular formula is C28H36N4O3S2. The van der Waals surface area contributed by atoms with Gasteiger partial charge in [0.2, 0.25) is 5.91 Å². The zero-order valence-electron chi connectivity index (χ0n) is 21.9. The van der Waals surface area contributed by atoms with E-state index in [2.05, 4.69) is 61.3 Å². The molecule has 0 radical (unpaired) electrons. The second-order valence-electron chi connectivity index (χ2n) is 11.8. The Morgan fingerprint density at radius 2 is 1.78 bits per heavy atom. The lowest BCUT2D eigenvalue weighted by atomic mass is 9.76. The highest BCUT2D eigenvalue weighted by Crippen LogP contribution is 2.46. The number of anilines is 1. The lowest BCUT2D eigenvalue weighted by Gasteiger charge is -2.31. The molecule has 2 atom stereocenters. The molecule has 1 amide bonds. The number of benzene rings is 1. The van der Waals surface area contributed by atoms with E-state index in [0.29, 0.717) is 13.1 Å². The quantitative estimate of drug-likeness (QED) is 0.585. The molecule has 3 fully saturated rings. The first kappa shape index (κ1) is 26.2. The van der Waals surface area contributed by atoms with E-state index in [9.17, 15) is 18.5 Å². The molecule has 198 valence electrons. The molecule has 0 spiro atoms. The fourth-order valence-electron chi connectivity index (χ4n) is 5.40. The molecule has 0 unspecified atom stereocenters. The van der Waals surface area contributed by atoms with E-state index in [-0.39, 0.29) is 34.7 Å². The first-order valence-corrected chi connectivity index (χ1v) is 15.9. The maximum atomic E-state index is 13.4. The summed E-state index contributed by atoms with van der Waals surface area (Å²) in [4.78, 5) is 21.8. The highest BCUT2D eigenvalue weighted by Gasteiger charge is 2.47. The lowest BCUT2D eigenvalue weighted by Crippen LogP contribution is -2.42. The molecule has 0 bridgehead atoms. The summed E-state index contributed by atoms with van der Waals surface area (Å²) in [7, 11) is -2.92. The Kier molecular flexibility index (Phi) is 6.86. The summed E-state index contributed by atoms with van der Waals surface area (Å²) in [5.41, 5.74) is 2.35. The van der Waals surface area contributed by atoms with Crippen molar-refractivity contribution < 1.29 is 13.2 Å². The molecule has 1 aromatic heterocycles. The number of amides is 1. The summed E-state index contributed by atoms with van der Waals surface area (Å²) in [6.07, 6.45) is 5.28. The smallest absolute Gasteiger partial charge is 0.225 e. The Balaban J connectivity index is 1.45. The summed E-state index contributed by atoms with van der Waals surface area (Å²) in [6.45, 7) is 7.54. The molecule has 9 heteroatoms. The summed E-state index contributed by atoms with van der Waals surface area (Å²) in [5.74, 6) is 0.234. The van der Waals surface area contributed by atoms with Gasteiger partial charge in [-0.2, -0.15) is 5.26 Å². The minimum atomic E-state index is -2.92. The number of hydrogen-bond acceptors (Lipinski definition) is 7. The Bertz CT molecular complexity index is 1300. The molecule has 2 heterocycles. The molecule has 1 aromatic carbocycles. The van der Waals surface area contributed by atoms with E-state index < -0.39 is 15.4 Å². The SMILES string of the molecule is CC(C)(C)c1nc([C@@H]2CCCC[C@H]2C(=O)NC2(C#N)CC2)c(-c2ccc(N3CCS(=O)(=O)CC3)cc2)s1. The van der Waals surface area contributed by atoms with E-state index in [1.165, 1.54) is 0 Å². The Hall–Kier alpha value is -2.44. The standard InChI is InChI=1S/C28H36N4O3S2/c1-27(2,3)26-30-23(21-6-4-5-7-22(21)25(33)31-28(18-29)12-13-28)24(36-26)19-8-10-20(11-9-19)32-14-16-37(34,35)17-15-32/h8-11,21-22H,4-7,12-17H2,1-3H3,(H,31,33)/t21-,22-/m1/s1. The average Bonchev–Trinajstić information content (AvgIpc) is 3.49. The third-order valence-corrected chi connectivity index (χ3v) is 11.1. The van der Waals surface area contributed by atoms with Gasteiger partial charge in [-0.05, 0) is 43.4 Å². The van der Waals surface area contributed by atoms with Crippen LogP contribution in [0.5, 0.6) is 0 Å². The highest BCUT2D eigenvalue weighted by atomic mass is 32.2. The normalized spacial score (nSPS) is 24.8. The molecule has 3 aliphatic rings. The predicted octanol–water partition coefficient (Wildman–Crippen LogP) is 4.79. The van der Waals surface area contributed by atoms with Crippen molar-refractivity contribution in [3.8, 4) is 16.5 Å². The summed E-state index contributed by atoms with van der Waals surface area (Å²) in [5, 5.41) is 13.6. The van der Waals surface area contributed by atoms with Crippen molar-refractivity contribution in [2.75, 3.05) is 29.5 Å². The van der Waals surface area contributed by atoms with E-state index >= 15 is 0 Å². The fraction of sp³-hybridized carbons (Fsp3) is 0.607. The number of hydrogen-bond donors (Lipinski definition) is 1. The Morgan fingerprint density at radius 3 is 2.38 bits per heavy atom. The molecule has 1 saturated heterocycles. The van der Waals surface area contributed by atoms with Gasteiger partial charge in [0.25, 0.3) is 0 Å². The fourth-order valence-corrected chi connectivity index (χ4v) is 7.80. The number of aromatic nitrogens is 1. The number of carbonyl (C=O) groups excluding carboxylic acids is 1. The van der Waals surface area contributed by atoms with Crippen LogP contribution in [0.25, 0.3) is 10.4 Å². The van der Waals surface area contributed by atoms with Crippen LogP contribution >= 0.6 is 11.3 Å². The number of thiazole rings is 1. The number of nitrogens with one attached hydrogen (secondary N) is 1. The topological polar surface area (TPSA) is 103 Å². The van der Waals surface area contributed by atoms with Crippen LogP contribution in [0.4, 0.5) is 5.69 Å². The molecule has 2 aromatic rings. The average molecular weight is 541 g/mol. The largest absolute Gasteiger partial charge is 0.369 e. The number of rotatable bonds is 5. The van der Waals surface area contributed by atoms with E-state index in [1.807, 2.05) is 0 Å². The van der Waals surface area contributed by atoms with Crippen molar-refractivity contribution in [1.29, 1.82) is 5.26 Å². The van der Waals surface area contributed by atoms with Crippen LogP contribution in [0.1, 0.15) is 75.9 Å². The second kappa shape index (κ2) is 9.70. The number of carbonyl (C=O) groups is 1. The van der Waals surface area contributed by atoms with Gasteiger partial charge in [0.05, 0.1) is 33.2 Å². The zero-order valence-corrected chi connectivity index (χ0v) is 23.6. The van der Waals surface area contributed by atoms with Gasteiger partial charge in [-0.1, -0.05) is 45.7 Å². The van der Waals surface area contributed by atoms with Gasteiger partial charge in [0.1, 0.15) is 5.54 Å². The van der Waals surface area contributed by atoms with Gasteiger partial charge in [-0.25, -0.2) is 13.4 Å². The molecule has 2 aliphatic carbocycles. The van der Waals surface area contributed by atoms with E-state index in [0.717, 1.165) is 65.4 Å². The molecule has 1 aliphatic heterocycles. The summed E-state index contributed by atoms with van der Waals surface area (Å²) < 4.78 is 23.7. The monoisotopic (exact) mass is 540 g/mol. The van der Waals surface area contributed by atoms with Gasteiger partial charge in [0.15, 0.2) is 9.84 Å². The van der Waals surface area contributed by atoms with Crippen LogP contribution in [0.3, 0.4) is 0 Å². The number of nitriles is 1. The highest BCUT2D eigenvalue weighted by molar-refractivity contribution is 7.91. The van der Waals surface area contributed by atoms with Gasteiger partial charge in [-0.3, -0.25) is 4.79 Å². The molecule has 5 rings (SSSR count). The minimum Gasteiger partial charge on any atom is -0.369 e. The van der Waals surface area contributed by atoms with Gasteiger partial charge < -0.3 is 10.2 Å².